The highest BCUT2D eigenvalue weighted by molar-refractivity contribution is 9.10. The maximum atomic E-state index is 5.85. The maximum absolute atomic E-state index is 5.85. The highest BCUT2D eigenvalue weighted by Gasteiger charge is 2.07. The minimum Gasteiger partial charge on any atom is -0.373 e. The molecule has 1 atom stereocenters. The van der Waals surface area contributed by atoms with Gasteiger partial charge in [-0.3, -0.25) is 0 Å². The van der Waals surface area contributed by atoms with E-state index in [2.05, 4.69) is 52.3 Å². The van der Waals surface area contributed by atoms with E-state index < -0.39 is 0 Å². The molecule has 0 saturated heterocycles. The Morgan fingerprint density at radius 1 is 1.50 bits per heavy atom. The van der Waals surface area contributed by atoms with Gasteiger partial charge in [0.05, 0.1) is 5.69 Å². The Morgan fingerprint density at radius 3 is 2.69 bits per heavy atom. The quantitative estimate of drug-likeness (QED) is 0.905. The Bertz CT molecular complexity index is 342. The molecular formula is C12H19BrN2S. The first kappa shape index (κ1) is 13.9. The van der Waals surface area contributed by atoms with E-state index in [-0.39, 0.29) is 6.04 Å². The van der Waals surface area contributed by atoms with Gasteiger partial charge in [-0.2, -0.15) is 11.8 Å². The highest BCUT2D eigenvalue weighted by atomic mass is 79.9. The molecule has 0 heterocycles. The Morgan fingerprint density at radius 2 is 2.19 bits per heavy atom. The van der Waals surface area contributed by atoms with Crippen molar-refractivity contribution in [3.8, 4) is 0 Å². The second-order valence-corrected chi connectivity index (χ2v) is 5.75. The lowest BCUT2D eigenvalue weighted by atomic mass is 10.1. The van der Waals surface area contributed by atoms with Crippen LogP contribution in [0.2, 0.25) is 0 Å². The summed E-state index contributed by atoms with van der Waals surface area (Å²) in [6, 6.07) is 6.42. The molecular weight excluding hydrogens is 284 g/mol. The van der Waals surface area contributed by atoms with Crippen LogP contribution in [0.3, 0.4) is 0 Å². The Kier molecular flexibility index (Phi) is 5.66. The van der Waals surface area contributed by atoms with Crippen molar-refractivity contribution in [1.29, 1.82) is 0 Å². The zero-order chi connectivity index (χ0) is 12.1. The molecule has 0 amide bonds. The van der Waals surface area contributed by atoms with Crippen LogP contribution in [0, 0.1) is 0 Å². The Balaban J connectivity index is 2.81. The number of benzene rings is 1. The van der Waals surface area contributed by atoms with E-state index in [1.807, 2.05) is 18.7 Å². The molecule has 0 aromatic heterocycles. The smallest absolute Gasteiger partial charge is 0.0508 e. The van der Waals surface area contributed by atoms with E-state index in [1.165, 1.54) is 5.69 Å². The fraction of sp³-hybridized carbons (Fsp3) is 0.500. The van der Waals surface area contributed by atoms with Crippen molar-refractivity contribution < 1.29 is 0 Å². The molecule has 16 heavy (non-hydrogen) atoms. The van der Waals surface area contributed by atoms with Gasteiger partial charge in [-0.05, 0) is 46.8 Å². The molecule has 1 rings (SSSR count). The molecule has 1 aromatic carbocycles. The van der Waals surface area contributed by atoms with E-state index in [4.69, 9.17) is 5.73 Å². The summed E-state index contributed by atoms with van der Waals surface area (Å²) in [5.41, 5.74) is 8.23. The lowest BCUT2D eigenvalue weighted by molar-refractivity contribution is 0.816. The largest absolute Gasteiger partial charge is 0.373 e. The second-order valence-electron chi connectivity index (χ2n) is 3.91. The summed E-state index contributed by atoms with van der Waals surface area (Å²) in [6.45, 7) is 3.05. The van der Waals surface area contributed by atoms with Gasteiger partial charge in [-0.15, -0.1) is 0 Å². The van der Waals surface area contributed by atoms with Gasteiger partial charge in [-0.1, -0.05) is 6.07 Å². The number of hydrogen-bond acceptors (Lipinski definition) is 3. The third-order valence-electron chi connectivity index (χ3n) is 2.54. The van der Waals surface area contributed by atoms with Crippen LogP contribution < -0.4 is 10.6 Å². The Hall–Kier alpha value is -0.190. The number of hydrogen-bond donors (Lipinski definition) is 1. The van der Waals surface area contributed by atoms with E-state index in [9.17, 15) is 0 Å². The first-order valence-electron chi connectivity index (χ1n) is 5.31. The van der Waals surface area contributed by atoms with E-state index in [0.717, 1.165) is 22.3 Å². The SMILES string of the molecule is CSCCN(C)c1ccc([C@@H](C)N)cc1Br. The summed E-state index contributed by atoms with van der Waals surface area (Å²) in [4.78, 5) is 2.26. The van der Waals surface area contributed by atoms with Crippen LogP contribution in [0.4, 0.5) is 5.69 Å². The normalized spacial score (nSPS) is 12.6. The van der Waals surface area contributed by atoms with Gasteiger partial charge in [-0.25, -0.2) is 0 Å². The average molecular weight is 303 g/mol. The molecule has 2 nitrogen and oxygen atoms in total. The zero-order valence-electron chi connectivity index (χ0n) is 10.0. The molecule has 0 aliphatic heterocycles. The summed E-state index contributed by atoms with van der Waals surface area (Å²) in [7, 11) is 2.11. The molecule has 90 valence electrons. The van der Waals surface area contributed by atoms with E-state index in [1.54, 1.807) is 0 Å². The fourth-order valence-electron chi connectivity index (χ4n) is 1.46. The molecule has 0 unspecified atom stereocenters. The summed E-state index contributed by atoms with van der Waals surface area (Å²) < 4.78 is 1.12. The number of nitrogens with two attached hydrogens (primary N) is 1. The van der Waals surface area contributed by atoms with Crippen LogP contribution in [-0.2, 0) is 0 Å². The molecule has 2 N–H and O–H groups in total. The highest BCUT2D eigenvalue weighted by Crippen LogP contribution is 2.28. The molecule has 4 heteroatoms. The van der Waals surface area contributed by atoms with Crippen LogP contribution in [0.15, 0.2) is 22.7 Å². The van der Waals surface area contributed by atoms with Gasteiger partial charge < -0.3 is 10.6 Å². The van der Waals surface area contributed by atoms with Gasteiger partial charge in [0.2, 0.25) is 0 Å². The van der Waals surface area contributed by atoms with Gasteiger partial charge in [0.1, 0.15) is 0 Å². The zero-order valence-corrected chi connectivity index (χ0v) is 12.4. The monoisotopic (exact) mass is 302 g/mol. The van der Waals surface area contributed by atoms with E-state index >= 15 is 0 Å². The summed E-state index contributed by atoms with van der Waals surface area (Å²) >= 11 is 5.47. The third kappa shape index (κ3) is 3.68. The molecule has 0 aliphatic rings. The molecule has 0 bridgehead atoms. The van der Waals surface area contributed by atoms with Gasteiger partial charge in [0.15, 0.2) is 0 Å². The first-order valence-corrected chi connectivity index (χ1v) is 7.50. The third-order valence-corrected chi connectivity index (χ3v) is 3.77. The number of anilines is 1. The molecule has 0 radical (unpaired) electrons. The van der Waals surface area contributed by atoms with Crippen LogP contribution >= 0.6 is 27.7 Å². The number of thioether (sulfide) groups is 1. The molecule has 1 aromatic rings. The molecule has 0 spiro atoms. The average Bonchev–Trinajstić information content (AvgIpc) is 2.25. The molecule has 0 aliphatic carbocycles. The van der Waals surface area contributed by atoms with Gasteiger partial charge >= 0.3 is 0 Å². The van der Waals surface area contributed by atoms with E-state index in [0.29, 0.717) is 0 Å². The van der Waals surface area contributed by atoms with Crippen LogP contribution in [-0.4, -0.2) is 25.6 Å². The summed E-state index contributed by atoms with van der Waals surface area (Å²) in [6.07, 6.45) is 2.13. The molecule has 0 fully saturated rings. The van der Waals surface area contributed by atoms with Crippen LogP contribution in [0.5, 0.6) is 0 Å². The van der Waals surface area contributed by atoms with Crippen molar-refractivity contribution in [3.05, 3.63) is 28.2 Å². The lowest BCUT2D eigenvalue weighted by Gasteiger charge is -2.21. The summed E-state index contributed by atoms with van der Waals surface area (Å²) in [5, 5.41) is 0. The van der Waals surface area contributed by atoms with Crippen LogP contribution in [0.25, 0.3) is 0 Å². The number of halogens is 1. The minimum atomic E-state index is 0.0850. The van der Waals surface area contributed by atoms with Crippen molar-refractivity contribution in [2.75, 3.05) is 30.5 Å². The van der Waals surface area contributed by atoms with Crippen LogP contribution in [0.1, 0.15) is 18.5 Å². The summed E-state index contributed by atoms with van der Waals surface area (Å²) in [5.74, 6) is 1.14. The first-order chi connectivity index (χ1) is 7.56. The van der Waals surface area contributed by atoms with Crippen molar-refractivity contribution >= 4 is 33.4 Å². The predicted molar refractivity (Wildman–Crippen MR) is 78.4 cm³/mol. The van der Waals surface area contributed by atoms with Crippen molar-refractivity contribution in [1.82, 2.24) is 0 Å². The standard InChI is InChI=1S/C12H19BrN2S/c1-9(14)10-4-5-12(11(13)8-10)15(2)6-7-16-3/h4-5,8-9H,6-7,14H2,1-3H3/t9-/m1/s1. The minimum absolute atomic E-state index is 0.0850. The fourth-order valence-corrected chi connectivity index (χ4v) is 2.62. The van der Waals surface area contributed by atoms with Crippen molar-refractivity contribution in [2.45, 2.75) is 13.0 Å². The second kappa shape index (κ2) is 6.52. The van der Waals surface area contributed by atoms with Gasteiger partial charge in [0, 0.05) is 29.9 Å². The number of rotatable bonds is 5. The Labute approximate surface area is 111 Å². The van der Waals surface area contributed by atoms with Gasteiger partial charge in [0.25, 0.3) is 0 Å². The lowest BCUT2D eigenvalue weighted by Crippen LogP contribution is -2.20. The van der Waals surface area contributed by atoms with Crippen molar-refractivity contribution in [2.24, 2.45) is 5.73 Å². The number of nitrogens with zero attached hydrogens (tertiary/aromatic N) is 1. The molecule has 0 saturated carbocycles. The maximum Gasteiger partial charge on any atom is 0.0508 e. The predicted octanol–water partition coefficient (Wildman–Crippen LogP) is 3.27. The topological polar surface area (TPSA) is 29.3 Å². The van der Waals surface area contributed by atoms with Crippen molar-refractivity contribution in [3.63, 3.8) is 0 Å².